The van der Waals surface area contributed by atoms with Gasteiger partial charge in [-0.25, -0.2) is 0 Å². The van der Waals surface area contributed by atoms with Crippen LogP contribution in [0.2, 0.25) is 0 Å². The summed E-state index contributed by atoms with van der Waals surface area (Å²) in [6.45, 7) is 7.91. The molecule has 0 radical (unpaired) electrons. The number of carbonyl (C=O) groups excluding carboxylic acids is 1. The zero-order chi connectivity index (χ0) is 18.4. The Labute approximate surface area is 157 Å². The molecular formula is C21H32N2O3. The Morgan fingerprint density at radius 3 is 2.42 bits per heavy atom. The van der Waals surface area contributed by atoms with Crippen LogP contribution in [-0.4, -0.2) is 48.8 Å². The largest absolute Gasteiger partial charge is 0.490 e. The highest BCUT2D eigenvalue weighted by atomic mass is 16.5. The maximum Gasteiger partial charge on any atom is 0.217 e. The molecule has 0 atom stereocenters. The number of hydrogen-bond acceptors (Lipinski definition) is 4. The predicted molar refractivity (Wildman–Crippen MR) is 102 cm³/mol. The lowest BCUT2D eigenvalue weighted by Gasteiger charge is -2.39. The van der Waals surface area contributed by atoms with Crippen molar-refractivity contribution in [3.05, 3.63) is 29.8 Å². The van der Waals surface area contributed by atoms with E-state index < -0.39 is 0 Å². The number of rotatable bonds is 8. The SMILES string of the molecule is CCCN1CCC(O[C@H]2C[C@H](Oc3ccc(CNC(C)=O)cc3)C2)CC1. The molecule has 1 saturated carbocycles. The highest BCUT2D eigenvalue weighted by Gasteiger charge is 2.34. The van der Waals surface area contributed by atoms with Gasteiger partial charge in [-0.2, -0.15) is 0 Å². The van der Waals surface area contributed by atoms with E-state index in [-0.39, 0.29) is 12.0 Å². The van der Waals surface area contributed by atoms with Gasteiger partial charge in [0.1, 0.15) is 11.9 Å². The van der Waals surface area contributed by atoms with E-state index in [0.717, 1.165) is 37.0 Å². The molecule has 0 unspecified atom stereocenters. The Balaban J connectivity index is 1.32. The van der Waals surface area contributed by atoms with Gasteiger partial charge >= 0.3 is 0 Å². The molecular weight excluding hydrogens is 328 g/mol. The van der Waals surface area contributed by atoms with Gasteiger partial charge in [-0.3, -0.25) is 4.79 Å². The van der Waals surface area contributed by atoms with Gasteiger partial charge in [0.25, 0.3) is 0 Å². The number of likely N-dealkylation sites (tertiary alicyclic amines) is 1. The van der Waals surface area contributed by atoms with Gasteiger partial charge in [0, 0.05) is 39.4 Å². The molecule has 5 heteroatoms. The average molecular weight is 360 g/mol. The predicted octanol–water partition coefficient (Wildman–Crippen LogP) is 3.12. The summed E-state index contributed by atoms with van der Waals surface area (Å²) >= 11 is 0. The molecule has 0 bridgehead atoms. The van der Waals surface area contributed by atoms with Crippen molar-refractivity contribution in [2.45, 2.75) is 70.8 Å². The van der Waals surface area contributed by atoms with Crippen LogP contribution in [0, 0.1) is 0 Å². The summed E-state index contributed by atoms with van der Waals surface area (Å²) in [5.41, 5.74) is 1.08. The number of piperidine rings is 1. The zero-order valence-corrected chi connectivity index (χ0v) is 16.1. The molecule has 1 heterocycles. The number of amides is 1. The van der Waals surface area contributed by atoms with Gasteiger partial charge in [-0.15, -0.1) is 0 Å². The van der Waals surface area contributed by atoms with Crippen LogP contribution >= 0.6 is 0 Å². The molecule has 5 nitrogen and oxygen atoms in total. The molecule has 1 aromatic carbocycles. The zero-order valence-electron chi connectivity index (χ0n) is 16.1. The highest BCUT2D eigenvalue weighted by Crippen LogP contribution is 2.31. The minimum Gasteiger partial charge on any atom is -0.490 e. The fourth-order valence-corrected chi connectivity index (χ4v) is 3.69. The first-order chi connectivity index (χ1) is 12.6. The molecule has 1 amide bonds. The van der Waals surface area contributed by atoms with Crippen molar-refractivity contribution in [3.8, 4) is 5.75 Å². The van der Waals surface area contributed by atoms with Crippen LogP contribution < -0.4 is 10.1 Å². The van der Waals surface area contributed by atoms with Gasteiger partial charge in [0.05, 0.1) is 12.2 Å². The van der Waals surface area contributed by atoms with E-state index >= 15 is 0 Å². The van der Waals surface area contributed by atoms with Crippen molar-refractivity contribution in [1.82, 2.24) is 10.2 Å². The van der Waals surface area contributed by atoms with E-state index in [4.69, 9.17) is 9.47 Å². The van der Waals surface area contributed by atoms with Crippen LogP contribution in [0.3, 0.4) is 0 Å². The molecule has 1 aromatic rings. The van der Waals surface area contributed by atoms with Crippen LogP contribution in [-0.2, 0) is 16.1 Å². The fraction of sp³-hybridized carbons (Fsp3) is 0.667. The second-order valence-corrected chi connectivity index (χ2v) is 7.56. The van der Waals surface area contributed by atoms with Gasteiger partial charge in [-0.05, 0) is 43.5 Å². The number of nitrogens with one attached hydrogen (secondary N) is 1. The summed E-state index contributed by atoms with van der Waals surface area (Å²) in [6, 6.07) is 7.97. The van der Waals surface area contributed by atoms with E-state index in [1.165, 1.54) is 33.0 Å². The third-order valence-corrected chi connectivity index (χ3v) is 5.28. The van der Waals surface area contributed by atoms with Gasteiger partial charge in [-0.1, -0.05) is 19.1 Å². The molecule has 1 N–H and O–H groups in total. The smallest absolute Gasteiger partial charge is 0.217 e. The minimum absolute atomic E-state index is 0.0122. The first-order valence-electron chi connectivity index (χ1n) is 10.00. The Morgan fingerprint density at radius 1 is 1.12 bits per heavy atom. The lowest BCUT2D eigenvalue weighted by Crippen LogP contribution is -2.44. The molecule has 1 saturated heterocycles. The number of hydrogen-bond donors (Lipinski definition) is 1. The number of ether oxygens (including phenoxy) is 2. The van der Waals surface area contributed by atoms with Gasteiger partial charge < -0.3 is 19.7 Å². The van der Waals surface area contributed by atoms with E-state index in [2.05, 4.69) is 17.1 Å². The van der Waals surface area contributed by atoms with Crippen LogP contribution in [0.5, 0.6) is 5.75 Å². The molecule has 2 fully saturated rings. The minimum atomic E-state index is -0.0122. The topological polar surface area (TPSA) is 50.8 Å². The summed E-state index contributed by atoms with van der Waals surface area (Å²) in [5, 5.41) is 2.80. The first kappa shape index (κ1) is 19.2. The van der Waals surface area contributed by atoms with Crippen molar-refractivity contribution >= 4 is 5.91 Å². The normalized spacial score (nSPS) is 24.1. The molecule has 1 aliphatic carbocycles. The maximum absolute atomic E-state index is 10.9. The number of nitrogens with zero attached hydrogens (tertiary/aromatic N) is 1. The van der Waals surface area contributed by atoms with Crippen LogP contribution in [0.1, 0.15) is 51.5 Å². The Bertz CT molecular complexity index is 561. The van der Waals surface area contributed by atoms with E-state index in [1.54, 1.807) is 0 Å². The Morgan fingerprint density at radius 2 is 1.81 bits per heavy atom. The number of carbonyl (C=O) groups is 1. The average Bonchev–Trinajstić information content (AvgIpc) is 2.61. The quantitative estimate of drug-likeness (QED) is 0.774. The maximum atomic E-state index is 10.9. The van der Waals surface area contributed by atoms with E-state index in [9.17, 15) is 4.79 Å². The summed E-state index contributed by atoms with van der Waals surface area (Å²) < 4.78 is 12.3. The molecule has 144 valence electrons. The standard InChI is InChI=1S/C21H32N2O3/c1-3-10-23-11-8-19(9-12-23)26-21-13-20(14-21)25-18-6-4-17(5-7-18)15-22-16(2)24/h4-7,19-21H,3,8-15H2,1-2H3,(H,22,24)/t20-,21-. The van der Waals surface area contributed by atoms with Crippen molar-refractivity contribution < 1.29 is 14.3 Å². The van der Waals surface area contributed by atoms with Crippen molar-refractivity contribution in [3.63, 3.8) is 0 Å². The lowest BCUT2D eigenvalue weighted by atomic mass is 9.91. The molecule has 2 aliphatic rings. The number of benzene rings is 1. The molecule has 3 rings (SSSR count). The monoisotopic (exact) mass is 360 g/mol. The van der Waals surface area contributed by atoms with Crippen LogP contribution in [0.25, 0.3) is 0 Å². The van der Waals surface area contributed by atoms with Crippen molar-refractivity contribution in [2.24, 2.45) is 0 Å². The second kappa shape index (κ2) is 9.38. The Hall–Kier alpha value is -1.59. The van der Waals surface area contributed by atoms with Crippen molar-refractivity contribution in [2.75, 3.05) is 19.6 Å². The Kier molecular flexibility index (Phi) is 6.92. The van der Waals surface area contributed by atoms with Crippen molar-refractivity contribution in [1.29, 1.82) is 0 Å². The van der Waals surface area contributed by atoms with E-state index in [1.807, 2.05) is 24.3 Å². The van der Waals surface area contributed by atoms with Crippen LogP contribution in [0.4, 0.5) is 0 Å². The van der Waals surface area contributed by atoms with Crippen LogP contribution in [0.15, 0.2) is 24.3 Å². The highest BCUT2D eigenvalue weighted by molar-refractivity contribution is 5.72. The fourth-order valence-electron chi connectivity index (χ4n) is 3.69. The summed E-state index contributed by atoms with van der Waals surface area (Å²) in [7, 11) is 0. The molecule has 26 heavy (non-hydrogen) atoms. The lowest BCUT2D eigenvalue weighted by molar-refractivity contribution is -0.119. The summed E-state index contributed by atoms with van der Waals surface area (Å²) in [6.07, 6.45) is 6.60. The van der Waals surface area contributed by atoms with Gasteiger partial charge in [0.2, 0.25) is 5.91 Å². The molecule has 1 aliphatic heterocycles. The molecule has 0 aromatic heterocycles. The van der Waals surface area contributed by atoms with E-state index in [0.29, 0.717) is 18.8 Å². The third kappa shape index (κ3) is 5.71. The molecule has 0 spiro atoms. The summed E-state index contributed by atoms with van der Waals surface area (Å²) in [5.74, 6) is 0.884. The van der Waals surface area contributed by atoms with Gasteiger partial charge in [0.15, 0.2) is 0 Å². The summed E-state index contributed by atoms with van der Waals surface area (Å²) in [4.78, 5) is 13.5. The first-order valence-corrected chi connectivity index (χ1v) is 10.00. The second-order valence-electron chi connectivity index (χ2n) is 7.56. The third-order valence-electron chi connectivity index (χ3n) is 5.28.